The van der Waals surface area contributed by atoms with E-state index in [1.807, 2.05) is 24.3 Å². The summed E-state index contributed by atoms with van der Waals surface area (Å²) in [6, 6.07) is 17.2. The molecule has 0 bridgehead atoms. The van der Waals surface area contributed by atoms with Crippen molar-refractivity contribution in [1.82, 2.24) is 5.32 Å². The Bertz CT molecular complexity index is 1110. The molecule has 1 aliphatic rings. The topological polar surface area (TPSA) is 53.6 Å². The quantitative estimate of drug-likeness (QED) is 0.566. The van der Waals surface area contributed by atoms with Gasteiger partial charge in [0.2, 0.25) is 0 Å². The van der Waals surface area contributed by atoms with Gasteiger partial charge in [0.05, 0.1) is 12.7 Å². The number of ether oxygens (including phenoxy) is 1. The lowest BCUT2D eigenvalue weighted by Gasteiger charge is -2.29. The maximum Gasteiger partial charge on any atom is 0.416 e. The molecule has 2 N–H and O–H groups in total. The molecule has 3 aromatic rings. The minimum Gasteiger partial charge on any atom is -0.497 e. The molecular formula is C25H24F3N3O2. The van der Waals surface area contributed by atoms with Crippen molar-refractivity contribution in [2.45, 2.75) is 6.18 Å². The summed E-state index contributed by atoms with van der Waals surface area (Å²) in [4.78, 5) is 15.3. The number of nitrogens with one attached hydrogen (secondary N) is 2. The molecule has 4 rings (SSSR count). The van der Waals surface area contributed by atoms with Crippen LogP contribution >= 0.6 is 0 Å². The van der Waals surface area contributed by atoms with Crippen LogP contribution in [0.1, 0.15) is 15.9 Å². The molecule has 0 atom stereocenters. The molecule has 0 unspecified atom stereocenters. The molecule has 0 aliphatic carbocycles. The second-order valence-corrected chi connectivity index (χ2v) is 7.72. The van der Waals surface area contributed by atoms with Gasteiger partial charge in [-0.2, -0.15) is 13.2 Å². The van der Waals surface area contributed by atoms with Crippen LogP contribution in [-0.2, 0) is 6.18 Å². The molecule has 172 valence electrons. The minimum absolute atomic E-state index is 0.335. The van der Waals surface area contributed by atoms with Gasteiger partial charge in [0.15, 0.2) is 0 Å². The van der Waals surface area contributed by atoms with E-state index in [0.717, 1.165) is 44.0 Å². The van der Waals surface area contributed by atoms with Gasteiger partial charge in [-0.15, -0.1) is 0 Å². The predicted octanol–water partition coefficient (Wildman–Crippen LogP) is 5.04. The number of methoxy groups -OCH3 is 1. The van der Waals surface area contributed by atoms with Crippen molar-refractivity contribution < 1.29 is 22.7 Å². The number of amides is 1. The van der Waals surface area contributed by atoms with Crippen molar-refractivity contribution in [2.24, 2.45) is 0 Å². The molecule has 5 nitrogen and oxygen atoms in total. The Hall–Kier alpha value is -3.52. The second-order valence-electron chi connectivity index (χ2n) is 7.72. The van der Waals surface area contributed by atoms with Crippen LogP contribution < -0.4 is 20.3 Å². The minimum atomic E-state index is -4.43. The SMILES string of the molecule is COc1ccc(C(=O)Nc2ccc(N3CCNCC3)cc2)c(-c2ccc(C(F)(F)F)cc2)c1. The summed E-state index contributed by atoms with van der Waals surface area (Å²) in [5, 5.41) is 6.20. The van der Waals surface area contributed by atoms with E-state index in [-0.39, 0.29) is 5.91 Å². The lowest BCUT2D eigenvalue weighted by molar-refractivity contribution is -0.137. The number of carbonyl (C=O) groups is 1. The molecule has 1 amide bonds. The van der Waals surface area contributed by atoms with Crippen molar-refractivity contribution in [2.75, 3.05) is 43.5 Å². The highest BCUT2D eigenvalue weighted by molar-refractivity contribution is 6.09. The predicted molar refractivity (Wildman–Crippen MR) is 123 cm³/mol. The zero-order chi connectivity index (χ0) is 23.4. The lowest BCUT2D eigenvalue weighted by atomic mass is 9.97. The number of rotatable bonds is 5. The van der Waals surface area contributed by atoms with Gasteiger partial charge in [-0.25, -0.2) is 0 Å². The molecule has 3 aromatic carbocycles. The maximum absolute atomic E-state index is 13.1. The standard InChI is InChI=1S/C25H24F3N3O2/c1-33-21-10-11-22(23(16-21)17-2-4-18(5-3-17)25(26,27)28)24(32)30-19-6-8-20(9-7-19)31-14-12-29-13-15-31/h2-11,16,29H,12-15H2,1H3,(H,30,32). The highest BCUT2D eigenvalue weighted by Crippen LogP contribution is 2.33. The van der Waals surface area contributed by atoms with Crippen LogP contribution in [0.5, 0.6) is 5.75 Å². The maximum atomic E-state index is 13.1. The Kier molecular flexibility index (Phi) is 6.55. The van der Waals surface area contributed by atoms with E-state index in [1.165, 1.54) is 19.2 Å². The van der Waals surface area contributed by atoms with Crippen molar-refractivity contribution in [1.29, 1.82) is 0 Å². The second kappa shape index (κ2) is 9.54. The van der Waals surface area contributed by atoms with Crippen LogP contribution in [0.25, 0.3) is 11.1 Å². The number of halogens is 3. The van der Waals surface area contributed by atoms with E-state index in [0.29, 0.717) is 28.1 Å². The third-order valence-corrected chi connectivity index (χ3v) is 5.60. The molecule has 8 heteroatoms. The first-order valence-corrected chi connectivity index (χ1v) is 10.6. The zero-order valence-electron chi connectivity index (χ0n) is 18.1. The Labute approximate surface area is 190 Å². The molecule has 0 spiro atoms. The average Bonchev–Trinajstić information content (AvgIpc) is 2.84. The lowest BCUT2D eigenvalue weighted by Crippen LogP contribution is -2.43. The van der Waals surface area contributed by atoms with Crippen LogP contribution in [0.3, 0.4) is 0 Å². The molecule has 0 aromatic heterocycles. The Balaban J connectivity index is 1.57. The summed E-state index contributed by atoms with van der Waals surface area (Å²) >= 11 is 0. The summed E-state index contributed by atoms with van der Waals surface area (Å²) in [5.74, 6) is 0.143. The van der Waals surface area contributed by atoms with Crippen LogP contribution in [0.4, 0.5) is 24.5 Å². The third kappa shape index (κ3) is 5.28. The molecule has 1 fully saturated rings. The number of hydrogen-bond donors (Lipinski definition) is 2. The van der Waals surface area contributed by atoms with Gasteiger partial charge in [0.1, 0.15) is 5.75 Å². The molecule has 0 saturated carbocycles. The number of piperazine rings is 1. The summed E-state index contributed by atoms with van der Waals surface area (Å²) in [5.41, 5.74) is 2.28. The molecule has 33 heavy (non-hydrogen) atoms. The first-order chi connectivity index (χ1) is 15.8. The molecule has 1 heterocycles. The zero-order valence-corrected chi connectivity index (χ0v) is 18.1. The van der Waals surface area contributed by atoms with E-state index < -0.39 is 11.7 Å². The Morgan fingerprint density at radius 3 is 2.24 bits per heavy atom. The first-order valence-electron chi connectivity index (χ1n) is 10.6. The first kappa shape index (κ1) is 22.7. The van der Waals surface area contributed by atoms with E-state index in [2.05, 4.69) is 15.5 Å². The molecule has 0 radical (unpaired) electrons. The monoisotopic (exact) mass is 455 g/mol. The smallest absolute Gasteiger partial charge is 0.416 e. The number of nitrogens with zero attached hydrogens (tertiary/aromatic N) is 1. The van der Waals surface area contributed by atoms with Crippen molar-refractivity contribution in [3.63, 3.8) is 0 Å². The van der Waals surface area contributed by atoms with Gasteiger partial charge in [-0.1, -0.05) is 12.1 Å². The van der Waals surface area contributed by atoms with Gasteiger partial charge < -0.3 is 20.3 Å². The fourth-order valence-corrected chi connectivity index (χ4v) is 3.80. The summed E-state index contributed by atoms with van der Waals surface area (Å²) < 4.78 is 44.1. The number of carbonyl (C=O) groups excluding carboxylic acids is 1. The Morgan fingerprint density at radius 1 is 0.970 bits per heavy atom. The van der Waals surface area contributed by atoms with Gasteiger partial charge >= 0.3 is 6.18 Å². The van der Waals surface area contributed by atoms with Gasteiger partial charge in [0.25, 0.3) is 5.91 Å². The van der Waals surface area contributed by atoms with Gasteiger partial charge in [0, 0.05) is 43.1 Å². The molecule has 1 aliphatic heterocycles. The van der Waals surface area contributed by atoms with Crippen LogP contribution in [0, 0.1) is 0 Å². The van der Waals surface area contributed by atoms with E-state index >= 15 is 0 Å². The van der Waals surface area contributed by atoms with Gasteiger partial charge in [-0.05, 0) is 65.7 Å². The average molecular weight is 455 g/mol. The number of hydrogen-bond acceptors (Lipinski definition) is 4. The molecular weight excluding hydrogens is 431 g/mol. The van der Waals surface area contributed by atoms with Crippen molar-refractivity contribution in [3.8, 4) is 16.9 Å². The fourth-order valence-electron chi connectivity index (χ4n) is 3.80. The number of anilines is 2. The van der Waals surface area contributed by atoms with Crippen molar-refractivity contribution in [3.05, 3.63) is 77.9 Å². The highest BCUT2D eigenvalue weighted by Gasteiger charge is 2.30. The van der Waals surface area contributed by atoms with E-state index in [4.69, 9.17) is 4.74 Å². The number of benzene rings is 3. The summed E-state index contributed by atoms with van der Waals surface area (Å²) in [6.07, 6.45) is -4.43. The van der Waals surface area contributed by atoms with Crippen LogP contribution in [-0.4, -0.2) is 39.2 Å². The highest BCUT2D eigenvalue weighted by atomic mass is 19.4. The number of alkyl halides is 3. The van der Waals surface area contributed by atoms with Crippen LogP contribution in [0.15, 0.2) is 66.7 Å². The van der Waals surface area contributed by atoms with Crippen LogP contribution in [0.2, 0.25) is 0 Å². The normalized spacial score (nSPS) is 14.1. The largest absolute Gasteiger partial charge is 0.497 e. The Morgan fingerprint density at radius 2 is 1.64 bits per heavy atom. The summed E-state index contributed by atoms with van der Waals surface area (Å²) in [6.45, 7) is 3.72. The third-order valence-electron chi connectivity index (χ3n) is 5.60. The fraction of sp³-hybridized carbons (Fsp3) is 0.240. The van der Waals surface area contributed by atoms with E-state index in [1.54, 1.807) is 18.2 Å². The van der Waals surface area contributed by atoms with E-state index in [9.17, 15) is 18.0 Å². The summed E-state index contributed by atoms with van der Waals surface area (Å²) in [7, 11) is 1.49. The molecule has 1 saturated heterocycles. The van der Waals surface area contributed by atoms with Gasteiger partial charge in [-0.3, -0.25) is 4.79 Å². The van der Waals surface area contributed by atoms with Crippen molar-refractivity contribution >= 4 is 17.3 Å².